The normalized spacial score (nSPS) is 11.7. The van der Waals surface area contributed by atoms with Gasteiger partial charge in [0.15, 0.2) is 5.82 Å². The third-order valence-corrected chi connectivity index (χ3v) is 6.96. The molecule has 7 nitrogen and oxygen atoms in total. The van der Waals surface area contributed by atoms with Crippen LogP contribution in [0.4, 0.5) is 11.5 Å². The molecule has 3 aromatic carbocycles. The summed E-state index contributed by atoms with van der Waals surface area (Å²) in [5.41, 5.74) is 3.89. The van der Waals surface area contributed by atoms with E-state index >= 15 is 0 Å². The zero-order valence-electron chi connectivity index (χ0n) is 17.9. The number of nitrogens with one attached hydrogen (secondary N) is 1. The number of hydrogen-bond acceptors (Lipinski definition) is 5. The minimum atomic E-state index is -2.49. The third-order valence-electron chi connectivity index (χ3n) is 5.08. The van der Waals surface area contributed by atoms with Gasteiger partial charge in [0.1, 0.15) is 5.69 Å². The molecule has 0 aliphatic heterocycles. The molecule has 0 aliphatic carbocycles. The van der Waals surface area contributed by atoms with E-state index in [1.807, 2.05) is 60.7 Å². The number of hydrogen-bond donors (Lipinski definition) is 2. The molecule has 174 valence electrons. The quantitative estimate of drug-likeness (QED) is 0.217. The standard InChI is InChI=1S/C24H21BrN4O3S2/c25-15-19-11-12-20(24(30)26-16-18-9-5-2-6-10-18)22(14-19)29(34(31)32)23-21(27-33-28-23)13-17-7-3-1-4-8-17/h1-12,14H,13,15-16H2,(H,26,30)(H,31,32). The van der Waals surface area contributed by atoms with E-state index in [0.29, 0.717) is 24.0 Å². The number of nitrogens with zero attached hydrogens (tertiary/aromatic N) is 3. The molecule has 0 fully saturated rings. The Labute approximate surface area is 212 Å². The molecule has 0 radical (unpaired) electrons. The van der Waals surface area contributed by atoms with Crippen molar-refractivity contribution in [1.82, 2.24) is 14.1 Å². The lowest BCUT2D eigenvalue weighted by molar-refractivity contribution is 0.0951. The van der Waals surface area contributed by atoms with Crippen LogP contribution < -0.4 is 9.62 Å². The highest BCUT2D eigenvalue weighted by molar-refractivity contribution is 9.08. The highest BCUT2D eigenvalue weighted by Crippen LogP contribution is 2.33. The highest BCUT2D eigenvalue weighted by Gasteiger charge is 2.27. The van der Waals surface area contributed by atoms with Crippen LogP contribution in [0, 0.1) is 0 Å². The Bertz CT molecular complexity index is 1290. The summed E-state index contributed by atoms with van der Waals surface area (Å²) >= 11 is 1.90. The van der Waals surface area contributed by atoms with Crippen LogP contribution in [0.15, 0.2) is 78.9 Å². The fraction of sp³-hybridized carbons (Fsp3) is 0.125. The van der Waals surface area contributed by atoms with Gasteiger partial charge in [0.2, 0.25) is 0 Å². The molecule has 0 aliphatic rings. The van der Waals surface area contributed by atoms with E-state index in [1.165, 1.54) is 0 Å². The van der Waals surface area contributed by atoms with Gasteiger partial charge in [0.05, 0.1) is 23.0 Å². The van der Waals surface area contributed by atoms with Crippen LogP contribution in [0.2, 0.25) is 0 Å². The number of carbonyl (C=O) groups is 1. The van der Waals surface area contributed by atoms with Crippen LogP contribution in [0.5, 0.6) is 0 Å². The van der Waals surface area contributed by atoms with E-state index in [1.54, 1.807) is 18.2 Å². The van der Waals surface area contributed by atoms with E-state index in [0.717, 1.165) is 32.7 Å². The topological polar surface area (TPSA) is 95.4 Å². The Morgan fingerprint density at radius 1 is 0.971 bits per heavy atom. The van der Waals surface area contributed by atoms with E-state index in [9.17, 15) is 13.6 Å². The van der Waals surface area contributed by atoms with E-state index in [4.69, 9.17) is 0 Å². The Hall–Kier alpha value is -2.92. The minimum Gasteiger partial charge on any atom is -0.348 e. The van der Waals surface area contributed by atoms with E-state index in [2.05, 4.69) is 30.0 Å². The first-order valence-electron chi connectivity index (χ1n) is 10.3. The van der Waals surface area contributed by atoms with Gasteiger partial charge in [-0.3, -0.25) is 9.35 Å². The minimum absolute atomic E-state index is 0.249. The molecule has 4 aromatic rings. The van der Waals surface area contributed by atoms with Gasteiger partial charge >= 0.3 is 0 Å². The molecule has 0 bridgehead atoms. The van der Waals surface area contributed by atoms with Crippen molar-refractivity contribution < 1.29 is 13.6 Å². The van der Waals surface area contributed by atoms with E-state index in [-0.39, 0.29) is 23.0 Å². The van der Waals surface area contributed by atoms with Crippen molar-refractivity contribution in [3.05, 3.63) is 107 Å². The Balaban J connectivity index is 1.70. The summed E-state index contributed by atoms with van der Waals surface area (Å²) in [6.07, 6.45) is 0.439. The number of halogens is 1. The summed E-state index contributed by atoms with van der Waals surface area (Å²) in [5.74, 6) is -0.109. The summed E-state index contributed by atoms with van der Waals surface area (Å²) in [6, 6.07) is 24.4. The second kappa shape index (κ2) is 11.5. The zero-order chi connectivity index (χ0) is 23.9. The van der Waals surface area contributed by atoms with Crippen molar-refractivity contribution in [2.75, 3.05) is 4.31 Å². The lowest BCUT2D eigenvalue weighted by atomic mass is 10.1. The first-order chi connectivity index (χ1) is 16.6. The smallest absolute Gasteiger partial charge is 0.268 e. The van der Waals surface area contributed by atoms with Crippen molar-refractivity contribution in [2.45, 2.75) is 18.3 Å². The summed E-state index contributed by atoms with van der Waals surface area (Å²) in [7, 11) is 0. The second-order valence-corrected chi connectivity index (χ2v) is 9.29. The van der Waals surface area contributed by atoms with Gasteiger partial charge in [-0.2, -0.15) is 8.75 Å². The van der Waals surface area contributed by atoms with Crippen molar-refractivity contribution in [1.29, 1.82) is 0 Å². The molecule has 0 saturated heterocycles. The largest absolute Gasteiger partial charge is 0.348 e. The number of benzene rings is 3. The summed E-state index contributed by atoms with van der Waals surface area (Å²) in [6.45, 7) is 0.332. The first kappa shape index (κ1) is 24.2. The maximum atomic E-state index is 13.1. The fourth-order valence-electron chi connectivity index (χ4n) is 3.42. The molecule has 1 amide bonds. The number of rotatable bonds is 9. The lowest BCUT2D eigenvalue weighted by Crippen LogP contribution is -2.28. The molecule has 1 unspecified atom stereocenters. The van der Waals surface area contributed by atoms with Crippen LogP contribution >= 0.6 is 27.7 Å². The summed E-state index contributed by atoms with van der Waals surface area (Å²) in [5, 5.41) is 3.41. The number of amides is 1. The van der Waals surface area contributed by atoms with Crippen molar-refractivity contribution in [2.24, 2.45) is 0 Å². The molecule has 4 rings (SSSR count). The molecule has 2 N–H and O–H groups in total. The van der Waals surface area contributed by atoms with Crippen LogP contribution in [-0.2, 0) is 29.6 Å². The van der Waals surface area contributed by atoms with Gasteiger partial charge in [-0.05, 0) is 28.8 Å². The number of aromatic nitrogens is 2. The van der Waals surface area contributed by atoms with Crippen LogP contribution in [0.3, 0.4) is 0 Å². The van der Waals surface area contributed by atoms with Gasteiger partial charge in [-0.1, -0.05) is 82.7 Å². The van der Waals surface area contributed by atoms with Crippen LogP contribution in [0.25, 0.3) is 0 Å². The van der Waals surface area contributed by atoms with Crippen LogP contribution in [-0.4, -0.2) is 23.4 Å². The predicted molar refractivity (Wildman–Crippen MR) is 139 cm³/mol. The fourth-order valence-corrected chi connectivity index (χ4v) is 4.99. The Morgan fingerprint density at radius 3 is 2.29 bits per heavy atom. The number of carbonyl (C=O) groups excluding carboxylic acids is 1. The van der Waals surface area contributed by atoms with Crippen molar-refractivity contribution in [3.8, 4) is 0 Å². The molecule has 1 aromatic heterocycles. The molecule has 1 heterocycles. The van der Waals surface area contributed by atoms with Gasteiger partial charge in [-0.15, -0.1) is 0 Å². The molecule has 34 heavy (non-hydrogen) atoms. The SMILES string of the molecule is O=C(NCc1ccccc1)c1ccc(CBr)cc1N(c1nsnc1Cc1ccccc1)S(=O)O. The van der Waals surface area contributed by atoms with Gasteiger partial charge < -0.3 is 5.32 Å². The maximum Gasteiger partial charge on any atom is 0.268 e. The maximum absolute atomic E-state index is 13.1. The summed E-state index contributed by atoms with van der Waals surface area (Å²) < 4.78 is 32.7. The van der Waals surface area contributed by atoms with Gasteiger partial charge in [0, 0.05) is 18.3 Å². The molecule has 10 heteroatoms. The highest BCUT2D eigenvalue weighted by atomic mass is 79.9. The Kier molecular flexibility index (Phi) is 8.17. The first-order valence-corrected chi connectivity index (χ1v) is 13.3. The molecule has 1 atom stereocenters. The predicted octanol–water partition coefficient (Wildman–Crippen LogP) is 5.23. The van der Waals surface area contributed by atoms with Crippen molar-refractivity contribution in [3.63, 3.8) is 0 Å². The summed E-state index contributed by atoms with van der Waals surface area (Å²) in [4.78, 5) is 13.1. The molecule has 0 saturated carbocycles. The van der Waals surface area contributed by atoms with Gasteiger partial charge in [-0.25, -0.2) is 8.51 Å². The van der Waals surface area contributed by atoms with Gasteiger partial charge in [0.25, 0.3) is 17.2 Å². The third kappa shape index (κ3) is 5.76. The molecular formula is C24H21BrN4O3S2. The molecular weight excluding hydrogens is 536 g/mol. The lowest BCUT2D eigenvalue weighted by Gasteiger charge is -2.22. The zero-order valence-corrected chi connectivity index (χ0v) is 21.1. The number of anilines is 2. The van der Waals surface area contributed by atoms with Crippen LogP contribution in [0.1, 0.15) is 32.7 Å². The van der Waals surface area contributed by atoms with Crippen molar-refractivity contribution >= 4 is 56.3 Å². The molecule has 0 spiro atoms. The Morgan fingerprint density at radius 2 is 1.65 bits per heavy atom. The average Bonchev–Trinajstić information content (AvgIpc) is 3.31. The average molecular weight is 557 g/mol. The number of alkyl halides is 1. The monoisotopic (exact) mass is 556 g/mol. The second-order valence-electron chi connectivity index (χ2n) is 7.38. The van der Waals surface area contributed by atoms with E-state index < -0.39 is 11.3 Å².